The first-order valence-electron chi connectivity index (χ1n) is 6.36. The van der Waals surface area contributed by atoms with Crippen molar-refractivity contribution in [3.63, 3.8) is 0 Å². The van der Waals surface area contributed by atoms with Gasteiger partial charge in [0.1, 0.15) is 0 Å². The van der Waals surface area contributed by atoms with Gasteiger partial charge in [0.15, 0.2) is 0 Å². The molecule has 2 nitrogen and oxygen atoms in total. The fraction of sp³-hybridized carbons (Fsp3) is 0.923. The van der Waals surface area contributed by atoms with Gasteiger partial charge < -0.3 is 0 Å². The lowest BCUT2D eigenvalue weighted by Crippen LogP contribution is -2.42. The van der Waals surface area contributed by atoms with Crippen LogP contribution in [-0.4, -0.2) is 23.5 Å². The van der Waals surface area contributed by atoms with E-state index in [1.165, 1.54) is 25.7 Å². The lowest BCUT2D eigenvalue weighted by atomic mass is 9.79. The second-order valence-electron chi connectivity index (χ2n) is 5.60. The maximum absolute atomic E-state index is 9.11. The lowest BCUT2D eigenvalue weighted by molar-refractivity contribution is 0.115. The second-order valence-corrected chi connectivity index (χ2v) is 5.60. The zero-order valence-electron chi connectivity index (χ0n) is 9.95. The van der Waals surface area contributed by atoms with Crippen LogP contribution in [0.3, 0.4) is 0 Å². The highest BCUT2D eigenvalue weighted by Gasteiger charge is 2.34. The lowest BCUT2D eigenvalue weighted by Gasteiger charge is -2.38. The summed E-state index contributed by atoms with van der Waals surface area (Å²) in [5, 5.41) is 9.11. The van der Waals surface area contributed by atoms with Gasteiger partial charge in [-0.15, -0.1) is 0 Å². The number of hydrogen-bond acceptors (Lipinski definition) is 2. The van der Waals surface area contributed by atoms with Crippen molar-refractivity contribution in [1.29, 1.82) is 5.26 Å². The Morgan fingerprint density at radius 1 is 1.13 bits per heavy atom. The molecule has 0 amide bonds. The van der Waals surface area contributed by atoms with Gasteiger partial charge >= 0.3 is 0 Å². The molecule has 0 spiro atoms. The number of hydrogen-bond donors (Lipinski definition) is 0. The highest BCUT2D eigenvalue weighted by atomic mass is 15.2. The molecule has 2 rings (SSSR count). The van der Waals surface area contributed by atoms with E-state index in [1.807, 2.05) is 0 Å². The molecule has 2 aliphatic rings. The second kappa shape index (κ2) is 4.53. The minimum atomic E-state index is 0.215. The quantitative estimate of drug-likeness (QED) is 0.659. The van der Waals surface area contributed by atoms with Crippen molar-refractivity contribution in [3.8, 4) is 6.07 Å². The van der Waals surface area contributed by atoms with Crippen LogP contribution in [0, 0.1) is 23.2 Å². The summed E-state index contributed by atoms with van der Waals surface area (Å²) in [5.41, 5.74) is 0. The number of rotatable bonds is 1. The van der Waals surface area contributed by atoms with Gasteiger partial charge in [0, 0.05) is 6.04 Å². The molecule has 3 atom stereocenters. The van der Waals surface area contributed by atoms with Crippen LogP contribution in [0.2, 0.25) is 0 Å². The van der Waals surface area contributed by atoms with Crippen LogP contribution in [0.25, 0.3) is 0 Å². The molecule has 0 radical (unpaired) electrons. The van der Waals surface area contributed by atoms with E-state index in [9.17, 15) is 0 Å². The summed E-state index contributed by atoms with van der Waals surface area (Å²) in [6, 6.07) is 3.37. The van der Waals surface area contributed by atoms with Crippen LogP contribution in [0.4, 0.5) is 0 Å². The van der Waals surface area contributed by atoms with E-state index in [0.29, 0.717) is 6.04 Å². The Kier molecular flexibility index (Phi) is 3.31. The topological polar surface area (TPSA) is 27.0 Å². The fourth-order valence-corrected chi connectivity index (χ4v) is 3.54. The van der Waals surface area contributed by atoms with Crippen molar-refractivity contribution in [1.82, 2.24) is 4.90 Å². The SMILES string of the molecule is CC1CC(C)CC(N2CCCC2C#N)C1. The average molecular weight is 206 g/mol. The predicted molar refractivity (Wildman–Crippen MR) is 61.3 cm³/mol. The summed E-state index contributed by atoms with van der Waals surface area (Å²) in [5.74, 6) is 1.69. The Morgan fingerprint density at radius 2 is 1.80 bits per heavy atom. The molecule has 1 heterocycles. The van der Waals surface area contributed by atoms with E-state index in [1.54, 1.807) is 0 Å². The Bertz CT molecular complexity index is 246. The zero-order valence-corrected chi connectivity index (χ0v) is 9.95. The molecule has 0 bridgehead atoms. The Morgan fingerprint density at radius 3 is 2.40 bits per heavy atom. The van der Waals surface area contributed by atoms with Gasteiger partial charge in [-0.2, -0.15) is 5.26 Å². The molecule has 0 aromatic rings. The monoisotopic (exact) mass is 206 g/mol. The summed E-state index contributed by atoms with van der Waals surface area (Å²) in [6.07, 6.45) is 6.31. The number of nitriles is 1. The Balaban J connectivity index is 2.00. The molecule has 0 N–H and O–H groups in total. The van der Waals surface area contributed by atoms with Crippen LogP contribution >= 0.6 is 0 Å². The largest absolute Gasteiger partial charge is 0.285 e. The number of nitrogens with zero attached hydrogens (tertiary/aromatic N) is 2. The minimum Gasteiger partial charge on any atom is -0.285 e. The van der Waals surface area contributed by atoms with Gasteiger partial charge in [0.05, 0.1) is 12.1 Å². The molecule has 1 aliphatic heterocycles. The molecule has 0 aromatic carbocycles. The summed E-state index contributed by atoms with van der Waals surface area (Å²) < 4.78 is 0. The third kappa shape index (κ3) is 2.34. The number of likely N-dealkylation sites (tertiary alicyclic amines) is 1. The zero-order chi connectivity index (χ0) is 10.8. The molecular weight excluding hydrogens is 184 g/mol. The van der Waals surface area contributed by atoms with Gasteiger partial charge in [-0.3, -0.25) is 4.90 Å². The summed E-state index contributed by atoms with van der Waals surface area (Å²) in [7, 11) is 0. The first kappa shape index (κ1) is 11.0. The van der Waals surface area contributed by atoms with Crippen LogP contribution < -0.4 is 0 Å². The van der Waals surface area contributed by atoms with Crippen LogP contribution in [0.15, 0.2) is 0 Å². The van der Waals surface area contributed by atoms with E-state index in [-0.39, 0.29) is 6.04 Å². The van der Waals surface area contributed by atoms with E-state index in [2.05, 4.69) is 24.8 Å². The molecule has 2 fully saturated rings. The first-order chi connectivity index (χ1) is 7.20. The normalized spacial score (nSPS) is 42.7. The van der Waals surface area contributed by atoms with Gasteiger partial charge in [-0.25, -0.2) is 0 Å². The third-order valence-electron chi connectivity index (χ3n) is 4.07. The van der Waals surface area contributed by atoms with E-state index in [4.69, 9.17) is 5.26 Å². The Hall–Kier alpha value is -0.550. The molecular formula is C13H22N2. The molecule has 0 aromatic heterocycles. The molecule has 1 saturated heterocycles. The van der Waals surface area contributed by atoms with E-state index >= 15 is 0 Å². The van der Waals surface area contributed by atoms with Crippen molar-refractivity contribution < 1.29 is 0 Å². The van der Waals surface area contributed by atoms with E-state index in [0.717, 1.165) is 24.8 Å². The van der Waals surface area contributed by atoms with Gasteiger partial charge in [0.2, 0.25) is 0 Å². The van der Waals surface area contributed by atoms with Gasteiger partial charge in [0.25, 0.3) is 0 Å². The molecule has 2 heteroatoms. The Labute approximate surface area is 93.3 Å². The van der Waals surface area contributed by atoms with Crippen molar-refractivity contribution in [2.24, 2.45) is 11.8 Å². The summed E-state index contributed by atoms with van der Waals surface area (Å²) >= 11 is 0. The molecule has 1 aliphatic carbocycles. The van der Waals surface area contributed by atoms with Crippen LogP contribution in [0.1, 0.15) is 46.0 Å². The first-order valence-corrected chi connectivity index (χ1v) is 6.36. The van der Waals surface area contributed by atoms with Crippen molar-refractivity contribution >= 4 is 0 Å². The maximum atomic E-state index is 9.11. The highest BCUT2D eigenvalue weighted by molar-refractivity contribution is 4.99. The summed E-state index contributed by atoms with van der Waals surface area (Å²) in [4.78, 5) is 2.48. The average Bonchev–Trinajstić information content (AvgIpc) is 2.63. The van der Waals surface area contributed by atoms with Crippen LogP contribution in [0.5, 0.6) is 0 Å². The molecule has 3 unspecified atom stereocenters. The van der Waals surface area contributed by atoms with E-state index < -0.39 is 0 Å². The molecule has 15 heavy (non-hydrogen) atoms. The minimum absolute atomic E-state index is 0.215. The molecule has 84 valence electrons. The maximum Gasteiger partial charge on any atom is 0.0980 e. The third-order valence-corrected chi connectivity index (χ3v) is 4.07. The summed E-state index contributed by atoms with van der Waals surface area (Å²) in [6.45, 7) is 5.88. The van der Waals surface area contributed by atoms with Crippen LogP contribution in [-0.2, 0) is 0 Å². The molecule has 1 saturated carbocycles. The smallest absolute Gasteiger partial charge is 0.0980 e. The standard InChI is InChI=1S/C13H22N2/c1-10-6-11(2)8-13(7-10)15-5-3-4-12(15)9-14/h10-13H,3-8H2,1-2H3. The van der Waals surface area contributed by atoms with Gasteiger partial charge in [-0.05, 0) is 50.5 Å². The fourth-order valence-electron chi connectivity index (χ4n) is 3.54. The van der Waals surface area contributed by atoms with Crippen molar-refractivity contribution in [2.75, 3.05) is 6.54 Å². The van der Waals surface area contributed by atoms with Crippen molar-refractivity contribution in [3.05, 3.63) is 0 Å². The highest BCUT2D eigenvalue weighted by Crippen LogP contribution is 2.34. The predicted octanol–water partition coefficient (Wildman–Crippen LogP) is 2.80. The van der Waals surface area contributed by atoms with Crippen molar-refractivity contribution in [2.45, 2.75) is 58.0 Å². The van der Waals surface area contributed by atoms with Gasteiger partial charge in [-0.1, -0.05) is 13.8 Å².